The second kappa shape index (κ2) is 8.83. The fourth-order valence-electron chi connectivity index (χ4n) is 0. The minimum absolute atomic E-state index is 0. The molecule has 0 N–H and O–H groups in total. The van der Waals surface area contributed by atoms with Crippen molar-refractivity contribution in [3.05, 3.63) is 0 Å². The third-order valence-corrected chi connectivity index (χ3v) is 0. The standard InChI is InChI=1S/Cu.La.O.S. The van der Waals surface area contributed by atoms with Crippen LogP contribution in [0.3, 0.4) is 0 Å². The molecule has 0 rings (SSSR count). The first-order chi connectivity index (χ1) is 1.41. The summed E-state index contributed by atoms with van der Waals surface area (Å²) in [6.07, 6.45) is 0. The van der Waals surface area contributed by atoms with Gasteiger partial charge in [-0.05, 0) is 0 Å². The molecule has 0 heterocycles. The monoisotopic (exact) mass is 250 g/mol. The average Bonchev–Trinajstić information content (AvgIpc) is 0.918. The minimum atomic E-state index is 0. The van der Waals surface area contributed by atoms with Crippen LogP contribution in [0, 0.1) is 35.6 Å². The van der Waals surface area contributed by atoms with Crippen molar-refractivity contribution in [2.45, 2.75) is 0 Å². The van der Waals surface area contributed by atoms with Crippen LogP contribution in [0.2, 0.25) is 0 Å². The van der Waals surface area contributed by atoms with Crippen LogP contribution in [0.1, 0.15) is 0 Å². The van der Waals surface area contributed by atoms with Crippen LogP contribution in [0.15, 0.2) is 0 Å². The summed E-state index contributed by atoms with van der Waals surface area (Å²) in [5.41, 5.74) is 0. The molecule has 0 aromatic rings. The van der Waals surface area contributed by atoms with Crippen molar-refractivity contribution in [1.82, 2.24) is 0 Å². The van der Waals surface area contributed by atoms with Crippen LogP contribution in [0.25, 0.3) is 0 Å². The quantitative estimate of drug-likeness (QED) is 0.584. The van der Waals surface area contributed by atoms with Crippen molar-refractivity contribution in [2.75, 3.05) is 0 Å². The third-order valence-electron chi connectivity index (χ3n) is 0. The van der Waals surface area contributed by atoms with Gasteiger partial charge in [0.25, 0.3) is 0 Å². The van der Waals surface area contributed by atoms with Gasteiger partial charge in [0.15, 0.2) is 0 Å². The summed E-state index contributed by atoms with van der Waals surface area (Å²) in [7, 11) is 3.74. The van der Waals surface area contributed by atoms with Crippen molar-refractivity contribution >= 4 is 10.6 Å². The first-order valence-electron chi connectivity index (χ1n) is 0.246. The molecule has 0 aliphatic heterocycles. The fraction of sp³-hybridized carbons (Fsp3) is 0. The van der Waals surface area contributed by atoms with Gasteiger partial charge in [-0.2, -0.15) is 0 Å². The van der Waals surface area contributed by atoms with Gasteiger partial charge < -0.3 is 0 Å². The van der Waals surface area contributed by atoms with Gasteiger partial charge in [-0.3, -0.25) is 0 Å². The van der Waals surface area contributed by atoms with Crippen LogP contribution in [-0.2, 0) is 17.1 Å². The van der Waals surface area contributed by atoms with Crippen molar-refractivity contribution in [2.24, 2.45) is 0 Å². The topological polar surface area (TPSA) is 17.1 Å². The molecule has 0 spiro atoms. The summed E-state index contributed by atoms with van der Waals surface area (Å²) in [6, 6.07) is 0. The van der Waals surface area contributed by atoms with E-state index in [1.54, 1.807) is 0 Å². The van der Waals surface area contributed by atoms with Crippen LogP contribution in [0.5, 0.6) is 0 Å². The summed E-state index contributed by atoms with van der Waals surface area (Å²) in [5, 5.41) is 0. The molecule has 0 aromatic heterocycles. The van der Waals surface area contributed by atoms with Crippen molar-refractivity contribution in [1.29, 1.82) is 0 Å². The zero-order valence-corrected chi connectivity index (χ0v) is 7.08. The molecule has 0 saturated heterocycles. The van der Waals surface area contributed by atoms with E-state index in [1.165, 1.54) is 0 Å². The summed E-state index contributed by atoms with van der Waals surface area (Å²) >= 11 is 0.146. The maximum absolute atomic E-state index is 8.65. The van der Waals surface area contributed by atoms with Gasteiger partial charge in [0.2, 0.25) is 0 Å². The normalized spacial score (nSPS) is 5.00. The van der Waals surface area contributed by atoms with Crippen LogP contribution >= 0.6 is 10.6 Å². The molecule has 1 nitrogen and oxygen atoms in total. The molecule has 0 atom stereocenters. The molecular formula is CuLaOS. The summed E-state index contributed by atoms with van der Waals surface area (Å²) in [5.74, 6) is 0. The molecule has 0 aromatic carbocycles. The molecule has 0 bridgehead atoms. The SMILES string of the molecule is [La].[O]=[Cu]=[S]. The Morgan fingerprint density at radius 2 is 1.75 bits per heavy atom. The first-order valence-corrected chi connectivity index (χ1v) is 2.03. The van der Waals surface area contributed by atoms with E-state index in [0.29, 0.717) is 0 Å². The molecular weight excluding hydrogens is 251 g/mol. The van der Waals surface area contributed by atoms with Gasteiger partial charge in [-0.25, -0.2) is 0 Å². The molecule has 0 aliphatic rings. The molecule has 26 valence electrons. The molecule has 0 amide bonds. The number of rotatable bonds is 0. The predicted molar refractivity (Wildman–Crippen MR) is 8.28 cm³/mol. The molecule has 4 heavy (non-hydrogen) atoms. The van der Waals surface area contributed by atoms with E-state index in [9.17, 15) is 0 Å². The van der Waals surface area contributed by atoms with Crippen molar-refractivity contribution in [3.63, 3.8) is 0 Å². The summed E-state index contributed by atoms with van der Waals surface area (Å²) in [4.78, 5) is 0. The second-order valence-corrected chi connectivity index (χ2v) is 0.622. The number of hydrogen-bond acceptors (Lipinski definition) is 2. The van der Waals surface area contributed by atoms with E-state index < -0.39 is 0 Å². The van der Waals surface area contributed by atoms with Gasteiger partial charge in [-0.15, -0.1) is 0 Å². The summed E-state index contributed by atoms with van der Waals surface area (Å²) < 4.78 is 8.65. The van der Waals surface area contributed by atoms with Gasteiger partial charge >= 0.3 is 27.6 Å². The van der Waals surface area contributed by atoms with E-state index in [1.807, 2.05) is 0 Å². The first kappa shape index (κ1) is 9.22. The van der Waals surface area contributed by atoms with Gasteiger partial charge in [0.05, 0.1) is 0 Å². The Hall–Kier alpha value is 1.73. The van der Waals surface area contributed by atoms with Gasteiger partial charge in [-0.1, -0.05) is 0 Å². The molecule has 1 radical (unpaired) electrons. The van der Waals surface area contributed by atoms with Gasteiger partial charge in [0.1, 0.15) is 0 Å². The van der Waals surface area contributed by atoms with Crippen LogP contribution in [0.4, 0.5) is 0 Å². The van der Waals surface area contributed by atoms with Crippen LogP contribution < -0.4 is 0 Å². The average molecular weight is 251 g/mol. The van der Waals surface area contributed by atoms with E-state index in [-0.39, 0.29) is 48.9 Å². The molecule has 0 unspecified atom stereocenters. The Balaban J connectivity index is 0. The van der Waals surface area contributed by atoms with E-state index in [0.717, 1.165) is 0 Å². The third kappa shape index (κ3) is 9.28. The zero-order valence-electron chi connectivity index (χ0n) is 1.70. The van der Waals surface area contributed by atoms with E-state index in [4.69, 9.17) is 3.83 Å². The molecule has 0 saturated carbocycles. The number of hydrogen-bond donors (Lipinski definition) is 0. The van der Waals surface area contributed by atoms with E-state index >= 15 is 0 Å². The predicted octanol–water partition coefficient (Wildman–Crippen LogP) is 0.527. The van der Waals surface area contributed by atoms with Crippen molar-refractivity contribution in [3.8, 4) is 0 Å². The Morgan fingerprint density at radius 3 is 1.75 bits per heavy atom. The van der Waals surface area contributed by atoms with Crippen molar-refractivity contribution < 1.29 is 52.7 Å². The second-order valence-electron chi connectivity index (χ2n) is 0.0503. The Labute approximate surface area is 62.3 Å². The summed E-state index contributed by atoms with van der Waals surface area (Å²) in [6.45, 7) is 0. The fourth-order valence-corrected chi connectivity index (χ4v) is 0. The zero-order chi connectivity index (χ0) is 2.71. The van der Waals surface area contributed by atoms with Crippen LogP contribution in [-0.4, -0.2) is 0 Å². The Morgan fingerprint density at radius 1 is 1.75 bits per heavy atom. The molecule has 0 fully saturated rings. The molecule has 0 aliphatic carbocycles. The van der Waals surface area contributed by atoms with Gasteiger partial charge in [0, 0.05) is 35.6 Å². The van der Waals surface area contributed by atoms with E-state index in [2.05, 4.69) is 10.6 Å². The Bertz CT molecular complexity index is 29.0. The maximum atomic E-state index is 8.65. The Kier molecular flexibility index (Phi) is 20.3. The molecule has 4 heteroatoms.